The van der Waals surface area contributed by atoms with Gasteiger partial charge < -0.3 is 10.1 Å². The molecule has 0 fully saturated rings. The molecule has 29 heavy (non-hydrogen) atoms. The molecule has 1 amide bonds. The fourth-order valence-electron chi connectivity index (χ4n) is 2.53. The molecule has 152 valence electrons. The van der Waals surface area contributed by atoms with E-state index in [1.807, 2.05) is 22.8 Å². The lowest BCUT2D eigenvalue weighted by Crippen LogP contribution is -2.26. The topological polar surface area (TPSA) is 81.9 Å². The third kappa shape index (κ3) is 5.70. The Morgan fingerprint density at radius 1 is 1.24 bits per heavy atom. The first-order valence-electron chi connectivity index (χ1n) is 8.80. The van der Waals surface area contributed by atoms with E-state index in [1.54, 1.807) is 31.6 Å². The first-order chi connectivity index (χ1) is 14.1. The van der Waals surface area contributed by atoms with Gasteiger partial charge in [0.2, 0.25) is 5.91 Å². The van der Waals surface area contributed by atoms with E-state index >= 15 is 0 Å². The fourth-order valence-corrected chi connectivity index (χ4v) is 3.60. The van der Waals surface area contributed by atoms with Crippen molar-refractivity contribution in [1.82, 2.24) is 25.1 Å². The van der Waals surface area contributed by atoms with Crippen molar-refractivity contribution in [2.75, 3.05) is 26.0 Å². The molecule has 0 saturated heterocycles. The number of nitrogens with one attached hydrogen (secondary N) is 1. The third-order valence-corrected chi connectivity index (χ3v) is 5.56. The number of carbonyl (C=O) groups excluding carboxylic acids is 1. The summed E-state index contributed by atoms with van der Waals surface area (Å²) in [7, 11) is 1.63. The molecule has 0 aliphatic heterocycles. The van der Waals surface area contributed by atoms with Crippen LogP contribution in [0.3, 0.4) is 0 Å². The Balaban J connectivity index is 1.84. The number of carbonyl (C=O) groups is 1. The molecule has 10 heteroatoms. The van der Waals surface area contributed by atoms with E-state index in [9.17, 15) is 4.79 Å². The van der Waals surface area contributed by atoms with E-state index in [2.05, 4.69) is 20.5 Å². The predicted molar refractivity (Wildman–Crippen MR) is 115 cm³/mol. The molecule has 3 aromatic rings. The zero-order chi connectivity index (χ0) is 20.6. The fraction of sp³-hybridized carbons (Fsp3) is 0.263. The maximum Gasteiger partial charge on any atom is 0.230 e. The number of ether oxygens (including phenoxy) is 1. The van der Waals surface area contributed by atoms with Gasteiger partial charge in [-0.05, 0) is 36.8 Å². The van der Waals surface area contributed by atoms with Crippen molar-refractivity contribution in [3.05, 3.63) is 52.8 Å². The largest absolute Gasteiger partial charge is 0.385 e. The minimum atomic E-state index is -0.0854. The molecule has 0 bridgehead atoms. The van der Waals surface area contributed by atoms with Gasteiger partial charge in [-0.1, -0.05) is 35.0 Å². The van der Waals surface area contributed by atoms with Crippen molar-refractivity contribution < 1.29 is 9.53 Å². The van der Waals surface area contributed by atoms with Gasteiger partial charge in [-0.25, -0.2) is 0 Å². The Morgan fingerprint density at radius 2 is 2.10 bits per heavy atom. The van der Waals surface area contributed by atoms with Crippen LogP contribution in [0.4, 0.5) is 0 Å². The molecule has 2 heterocycles. The molecule has 1 N–H and O–H groups in total. The van der Waals surface area contributed by atoms with E-state index in [0.29, 0.717) is 34.2 Å². The maximum atomic E-state index is 12.1. The SMILES string of the molecule is COCCCNC(=O)CSc1nnc(-c2cccnc2)n1-c1ccc(Cl)c(Cl)c1. The van der Waals surface area contributed by atoms with Crippen molar-refractivity contribution in [2.24, 2.45) is 0 Å². The Hall–Kier alpha value is -2.13. The zero-order valence-electron chi connectivity index (χ0n) is 15.6. The van der Waals surface area contributed by atoms with Crippen molar-refractivity contribution in [1.29, 1.82) is 0 Å². The van der Waals surface area contributed by atoms with Crippen molar-refractivity contribution in [3.8, 4) is 17.1 Å². The highest BCUT2D eigenvalue weighted by Crippen LogP contribution is 2.31. The number of nitrogens with zero attached hydrogens (tertiary/aromatic N) is 4. The number of pyridine rings is 1. The first kappa shape index (κ1) is 21.6. The average molecular weight is 452 g/mol. The molecule has 2 aromatic heterocycles. The standard InChI is InChI=1S/C19H19Cl2N5O2S/c1-28-9-3-8-23-17(27)12-29-19-25-24-18(13-4-2-7-22-11-13)26(19)14-5-6-15(20)16(21)10-14/h2,4-7,10-11H,3,8-9,12H2,1H3,(H,23,27). The van der Waals surface area contributed by atoms with Crippen LogP contribution in [-0.2, 0) is 9.53 Å². The van der Waals surface area contributed by atoms with Crippen LogP contribution in [0.5, 0.6) is 0 Å². The Bertz CT molecular complexity index is 968. The average Bonchev–Trinajstić information content (AvgIpc) is 3.16. The van der Waals surface area contributed by atoms with Crippen molar-refractivity contribution >= 4 is 40.9 Å². The smallest absolute Gasteiger partial charge is 0.230 e. The summed E-state index contributed by atoms with van der Waals surface area (Å²) < 4.78 is 6.81. The molecule has 7 nitrogen and oxygen atoms in total. The van der Waals surface area contributed by atoms with Crippen LogP contribution in [0.15, 0.2) is 47.9 Å². The summed E-state index contributed by atoms with van der Waals surface area (Å²) >= 11 is 13.6. The molecule has 0 spiro atoms. The molecule has 0 atom stereocenters. The number of thioether (sulfide) groups is 1. The van der Waals surface area contributed by atoms with Gasteiger partial charge in [0.1, 0.15) is 0 Å². The van der Waals surface area contributed by atoms with Crippen LogP contribution in [0.1, 0.15) is 6.42 Å². The summed E-state index contributed by atoms with van der Waals surface area (Å²) in [6, 6.07) is 8.99. The highest BCUT2D eigenvalue weighted by Gasteiger charge is 2.18. The van der Waals surface area contributed by atoms with Crippen LogP contribution < -0.4 is 5.32 Å². The summed E-state index contributed by atoms with van der Waals surface area (Å²) in [6.45, 7) is 1.17. The monoisotopic (exact) mass is 451 g/mol. The molecule has 0 aliphatic carbocycles. The Kier molecular flexibility index (Phi) is 7.88. The van der Waals surface area contributed by atoms with E-state index in [-0.39, 0.29) is 11.7 Å². The summed E-state index contributed by atoms with van der Waals surface area (Å²) in [6.07, 6.45) is 4.15. The number of rotatable bonds is 9. The predicted octanol–water partition coefficient (Wildman–Crippen LogP) is 3.88. The number of benzene rings is 1. The van der Waals surface area contributed by atoms with E-state index in [1.165, 1.54) is 11.8 Å². The van der Waals surface area contributed by atoms with Gasteiger partial charge in [0, 0.05) is 38.2 Å². The number of aromatic nitrogens is 4. The van der Waals surface area contributed by atoms with Crippen LogP contribution in [0.2, 0.25) is 10.0 Å². The molecule has 0 aliphatic rings. The van der Waals surface area contributed by atoms with Crippen LogP contribution in [-0.4, -0.2) is 51.7 Å². The summed E-state index contributed by atoms with van der Waals surface area (Å²) in [5, 5.41) is 12.9. The molecule has 3 rings (SSSR count). The number of halogens is 2. The summed E-state index contributed by atoms with van der Waals surface area (Å²) in [5.41, 5.74) is 1.54. The normalized spacial score (nSPS) is 10.9. The van der Waals surface area contributed by atoms with Gasteiger partial charge in [0.25, 0.3) is 0 Å². The zero-order valence-corrected chi connectivity index (χ0v) is 18.0. The number of methoxy groups -OCH3 is 1. The van der Waals surface area contributed by atoms with E-state index < -0.39 is 0 Å². The van der Waals surface area contributed by atoms with E-state index in [4.69, 9.17) is 27.9 Å². The summed E-state index contributed by atoms with van der Waals surface area (Å²) in [5.74, 6) is 0.719. The highest BCUT2D eigenvalue weighted by atomic mass is 35.5. The van der Waals surface area contributed by atoms with Crippen LogP contribution in [0.25, 0.3) is 17.1 Å². The third-order valence-electron chi connectivity index (χ3n) is 3.89. The Labute approximate surface area is 182 Å². The molecular formula is C19H19Cl2N5O2S. The van der Waals surface area contributed by atoms with Crippen LogP contribution in [0, 0.1) is 0 Å². The second-order valence-electron chi connectivity index (χ2n) is 5.97. The van der Waals surface area contributed by atoms with Gasteiger partial charge in [-0.15, -0.1) is 10.2 Å². The van der Waals surface area contributed by atoms with Crippen molar-refractivity contribution in [2.45, 2.75) is 11.6 Å². The second kappa shape index (κ2) is 10.6. The van der Waals surface area contributed by atoms with Gasteiger partial charge in [0.05, 0.1) is 21.5 Å². The Morgan fingerprint density at radius 3 is 2.83 bits per heavy atom. The lowest BCUT2D eigenvalue weighted by atomic mass is 10.2. The molecule has 0 radical (unpaired) electrons. The highest BCUT2D eigenvalue weighted by molar-refractivity contribution is 7.99. The van der Waals surface area contributed by atoms with Gasteiger partial charge in [-0.2, -0.15) is 0 Å². The van der Waals surface area contributed by atoms with E-state index in [0.717, 1.165) is 17.7 Å². The number of hydrogen-bond donors (Lipinski definition) is 1. The maximum absolute atomic E-state index is 12.1. The lowest BCUT2D eigenvalue weighted by Gasteiger charge is -2.11. The lowest BCUT2D eigenvalue weighted by molar-refractivity contribution is -0.118. The minimum absolute atomic E-state index is 0.0854. The summed E-state index contributed by atoms with van der Waals surface area (Å²) in [4.78, 5) is 16.3. The van der Waals surface area contributed by atoms with Gasteiger partial charge in [0.15, 0.2) is 11.0 Å². The van der Waals surface area contributed by atoms with Crippen LogP contribution >= 0.6 is 35.0 Å². The first-order valence-corrected chi connectivity index (χ1v) is 10.5. The van der Waals surface area contributed by atoms with Gasteiger partial charge >= 0.3 is 0 Å². The molecule has 1 aromatic carbocycles. The molecule has 0 unspecified atom stereocenters. The molecule has 0 saturated carbocycles. The molecular weight excluding hydrogens is 433 g/mol. The van der Waals surface area contributed by atoms with Crippen molar-refractivity contribution in [3.63, 3.8) is 0 Å². The minimum Gasteiger partial charge on any atom is -0.385 e. The number of amides is 1. The number of hydrogen-bond acceptors (Lipinski definition) is 6. The second-order valence-corrected chi connectivity index (χ2v) is 7.72. The quantitative estimate of drug-likeness (QED) is 0.392. The van der Waals surface area contributed by atoms with Gasteiger partial charge in [-0.3, -0.25) is 14.3 Å².